The molecule has 0 spiro atoms. The predicted molar refractivity (Wildman–Crippen MR) is 95.1 cm³/mol. The average Bonchev–Trinajstić information content (AvgIpc) is 2.68. The van der Waals surface area contributed by atoms with E-state index in [0.29, 0.717) is 38.3 Å². The van der Waals surface area contributed by atoms with E-state index < -0.39 is 0 Å². The first-order valence-corrected chi connectivity index (χ1v) is 9.25. The Labute approximate surface area is 153 Å². The minimum Gasteiger partial charge on any atom is -0.395 e. The van der Waals surface area contributed by atoms with Crippen molar-refractivity contribution in [3.63, 3.8) is 0 Å². The molecule has 1 aromatic rings. The number of halogens is 1. The number of aliphatic hydroxyl groups is 1. The fourth-order valence-corrected chi connectivity index (χ4v) is 3.73. The Morgan fingerprint density at radius 1 is 1.04 bits per heavy atom. The first kappa shape index (κ1) is 18.8. The molecule has 3 rings (SSSR count). The van der Waals surface area contributed by atoms with Crippen LogP contribution in [0.5, 0.6) is 0 Å². The van der Waals surface area contributed by atoms with Gasteiger partial charge < -0.3 is 14.9 Å². The van der Waals surface area contributed by atoms with Crippen LogP contribution in [0.4, 0.5) is 4.39 Å². The van der Waals surface area contributed by atoms with Crippen molar-refractivity contribution >= 4 is 11.8 Å². The van der Waals surface area contributed by atoms with Crippen molar-refractivity contribution in [1.29, 1.82) is 0 Å². The number of carbonyl (C=O) groups is 2. The number of piperidine rings is 1. The SMILES string of the molecule is O=C(c1ccc(F)cc1)N1CCCC(C(=O)N2CCN(CCO)CC2)C1. The lowest BCUT2D eigenvalue weighted by Gasteiger charge is -2.39. The Balaban J connectivity index is 1.57. The lowest BCUT2D eigenvalue weighted by Crippen LogP contribution is -2.53. The van der Waals surface area contributed by atoms with Gasteiger partial charge in [0.1, 0.15) is 5.82 Å². The molecule has 1 aromatic carbocycles. The van der Waals surface area contributed by atoms with Crippen LogP contribution in [-0.2, 0) is 4.79 Å². The van der Waals surface area contributed by atoms with Gasteiger partial charge in [0, 0.05) is 51.4 Å². The van der Waals surface area contributed by atoms with Gasteiger partial charge in [0.15, 0.2) is 0 Å². The standard InChI is InChI=1S/C19H26FN3O3/c20-17-5-3-15(4-6-17)18(25)23-7-1-2-16(14-23)19(26)22-10-8-21(9-11-22)12-13-24/h3-6,16,24H,1-2,7-14H2. The molecule has 1 unspecified atom stereocenters. The van der Waals surface area contributed by atoms with E-state index in [4.69, 9.17) is 5.11 Å². The molecule has 0 saturated carbocycles. The van der Waals surface area contributed by atoms with Crippen LogP contribution in [-0.4, -0.2) is 84.0 Å². The van der Waals surface area contributed by atoms with E-state index in [1.807, 2.05) is 4.90 Å². The minimum atomic E-state index is -0.367. The van der Waals surface area contributed by atoms with Crippen molar-refractivity contribution in [1.82, 2.24) is 14.7 Å². The molecular formula is C19H26FN3O3. The Morgan fingerprint density at radius 2 is 1.73 bits per heavy atom. The van der Waals surface area contributed by atoms with E-state index in [-0.39, 0.29) is 30.2 Å². The number of β-amino-alcohol motifs (C(OH)–C–C–N with tert-alkyl or cyclic N) is 1. The number of piperazine rings is 1. The number of hydrogen-bond donors (Lipinski definition) is 1. The maximum absolute atomic E-state index is 13.0. The van der Waals surface area contributed by atoms with E-state index in [2.05, 4.69) is 4.90 Å². The lowest BCUT2D eigenvalue weighted by molar-refractivity contribution is -0.138. The van der Waals surface area contributed by atoms with Crippen molar-refractivity contribution < 1.29 is 19.1 Å². The number of hydrogen-bond acceptors (Lipinski definition) is 4. The quantitative estimate of drug-likeness (QED) is 0.860. The number of likely N-dealkylation sites (tertiary alicyclic amines) is 1. The third-order valence-electron chi connectivity index (χ3n) is 5.25. The maximum Gasteiger partial charge on any atom is 0.253 e. The summed E-state index contributed by atoms with van der Waals surface area (Å²) in [5.41, 5.74) is 0.456. The summed E-state index contributed by atoms with van der Waals surface area (Å²) in [4.78, 5) is 31.2. The lowest BCUT2D eigenvalue weighted by atomic mass is 9.95. The molecule has 7 heteroatoms. The maximum atomic E-state index is 13.0. The van der Waals surface area contributed by atoms with Crippen LogP contribution >= 0.6 is 0 Å². The second kappa shape index (κ2) is 8.60. The van der Waals surface area contributed by atoms with Crippen molar-refractivity contribution in [2.24, 2.45) is 5.92 Å². The van der Waals surface area contributed by atoms with Crippen LogP contribution in [0.3, 0.4) is 0 Å². The average molecular weight is 363 g/mol. The highest BCUT2D eigenvalue weighted by atomic mass is 19.1. The number of rotatable bonds is 4. The molecule has 6 nitrogen and oxygen atoms in total. The summed E-state index contributed by atoms with van der Waals surface area (Å²) in [5.74, 6) is -0.563. The molecule has 2 amide bonds. The van der Waals surface area contributed by atoms with E-state index in [1.54, 1.807) is 4.90 Å². The third kappa shape index (κ3) is 4.40. The summed E-state index contributed by atoms with van der Waals surface area (Å²) in [6.45, 7) is 4.72. The molecule has 0 aromatic heterocycles. The first-order valence-electron chi connectivity index (χ1n) is 9.25. The van der Waals surface area contributed by atoms with Gasteiger partial charge in [0.05, 0.1) is 12.5 Å². The number of benzene rings is 1. The Morgan fingerprint density at radius 3 is 2.38 bits per heavy atom. The van der Waals surface area contributed by atoms with Gasteiger partial charge in [-0.25, -0.2) is 4.39 Å². The molecule has 2 heterocycles. The molecule has 2 fully saturated rings. The molecule has 26 heavy (non-hydrogen) atoms. The van der Waals surface area contributed by atoms with E-state index in [0.717, 1.165) is 25.9 Å². The molecule has 0 radical (unpaired) electrons. The molecule has 2 aliphatic rings. The number of amides is 2. The van der Waals surface area contributed by atoms with Crippen molar-refractivity contribution in [2.45, 2.75) is 12.8 Å². The van der Waals surface area contributed by atoms with Crippen LogP contribution in [0.25, 0.3) is 0 Å². The first-order chi connectivity index (χ1) is 12.6. The van der Waals surface area contributed by atoms with Gasteiger partial charge in [0.25, 0.3) is 5.91 Å². The van der Waals surface area contributed by atoms with Gasteiger partial charge in [-0.3, -0.25) is 14.5 Å². The fraction of sp³-hybridized carbons (Fsp3) is 0.579. The van der Waals surface area contributed by atoms with E-state index in [1.165, 1.54) is 24.3 Å². The Kier molecular flexibility index (Phi) is 6.21. The molecule has 0 aliphatic carbocycles. The molecule has 142 valence electrons. The topological polar surface area (TPSA) is 64.1 Å². The van der Waals surface area contributed by atoms with Crippen LogP contribution in [0.2, 0.25) is 0 Å². The number of carbonyl (C=O) groups excluding carboxylic acids is 2. The smallest absolute Gasteiger partial charge is 0.253 e. The molecule has 1 atom stereocenters. The summed E-state index contributed by atoms with van der Waals surface area (Å²) >= 11 is 0. The predicted octanol–water partition coefficient (Wildman–Crippen LogP) is 0.814. The highest BCUT2D eigenvalue weighted by molar-refractivity contribution is 5.94. The summed E-state index contributed by atoms with van der Waals surface area (Å²) in [5, 5.41) is 9.01. The molecule has 0 bridgehead atoms. The third-order valence-corrected chi connectivity index (χ3v) is 5.25. The highest BCUT2D eigenvalue weighted by Crippen LogP contribution is 2.21. The van der Waals surface area contributed by atoms with Gasteiger partial charge in [0.2, 0.25) is 5.91 Å². The molecule has 1 N–H and O–H groups in total. The summed E-state index contributed by atoms with van der Waals surface area (Å²) in [7, 11) is 0. The Bertz CT molecular complexity index is 629. The summed E-state index contributed by atoms with van der Waals surface area (Å²) in [6.07, 6.45) is 1.59. The van der Waals surface area contributed by atoms with Crippen LogP contribution in [0.15, 0.2) is 24.3 Å². The zero-order chi connectivity index (χ0) is 18.5. The summed E-state index contributed by atoms with van der Waals surface area (Å²) < 4.78 is 13.0. The van der Waals surface area contributed by atoms with Gasteiger partial charge in [-0.2, -0.15) is 0 Å². The van der Waals surface area contributed by atoms with Crippen LogP contribution in [0, 0.1) is 11.7 Å². The zero-order valence-electron chi connectivity index (χ0n) is 14.9. The monoisotopic (exact) mass is 363 g/mol. The van der Waals surface area contributed by atoms with Gasteiger partial charge >= 0.3 is 0 Å². The number of nitrogens with zero attached hydrogens (tertiary/aromatic N) is 3. The molecular weight excluding hydrogens is 337 g/mol. The van der Waals surface area contributed by atoms with Crippen LogP contribution in [0.1, 0.15) is 23.2 Å². The second-order valence-corrected chi connectivity index (χ2v) is 6.99. The number of aliphatic hydroxyl groups excluding tert-OH is 1. The molecule has 2 aliphatic heterocycles. The van der Waals surface area contributed by atoms with Gasteiger partial charge in [-0.15, -0.1) is 0 Å². The van der Waals surface area contributed by atoms with Crippen molar-refractivity contribution in [2.75, 3.05) is 52.4 Å². The van der Waals surface area contributed by atoms with Gasteiger partial charge in [-0.05, 0) is 37.1 Å². The second-order valence-electron chi connectivity index (χ2n) is 6.99. The van der Waals surface area contributed by atoms with E-state index >= 15 is 0 Å². The zero-order valence-corrected chi connectivity index (χ0v) is 14.9. The van der Waals surface area contributed by atoms with Crippen molar-refractivity contribution in [3.8, 4) is 0 Å². The fourth-order valence-electron chi connectivity index (χ4n) is 3.73. The molecule has 2 saturated heterocycles. The minimum absolute atomic E-state index is 0.116. The van der Waals surface area contributed by atoms with Crippen molar-refractivity contribution in [3.05, 3.63) is 35.6 Å². The Hall–Kier alpha value is -1.99. The van der Waals surface area contributed by atoms with E-state index in [9.17, 15) is 14.0 Å². The normalized spacial score (nSPS) is 21.7. The van der Waals surface area contributed by atoms with Crippen LogP contribution < -0.4 is 0 Å². The largest absolute Gasteiger partial charge is 0.395 e. The van der Waals surface area contributed by atoms with Gasteiger partial charge in [-0.1, -0.05) is 0 Å². The highest BCUT2D eigenvalue weighted by Gasteiger charge is 2.32. The summed E-state index contributed by atoms with van der Waals surface area (Å²) in [6, 6.07) is 5.55.